The van der Waals surface area contributed by atoms with Gasteiger partial charge in [0.05, 0.1) is 11.9 Å². The number of hydrogen-bond acceptors (Lipinski definition) is 4. The Bertz CT molecular complexity index is 584. The topological polar surface area (TPSA) is 47.4 Å². The molecule has 0 aliphatic heterocycles. The summed E-state index contributed by atoms with van der Waals surface area (Å²) in [6, 6.07) is 7.79. The maximum absolute atomic E-state index is 5.85. The summed E-state index contributed by atoms with van der Waals surface area (Å²) in [6.07, 6.45) is 5.07. The molecule has 1 aromatic heterocycles. The summed E-state index contributed by atoms with van der Waals surface area (Å²) in [5.41, 5.74) is 2.47. The van der Waals surface area contributed by atoms with Crippen molar-refractivity contribution in [2.24, 2.45) is 4.99 Å². The molecule has 1 heterocycles. The van der Waals surface area contributed by atoms with Gasteiger partial charge in [-0.1, -0.05) is 12.1 Å². The third-order valence-corrected chi connectivity index (χ3v) is 3.20. The third-order valence-electron chi connectivity index (χ3n) is 2.47. The molecular weight excluding hydrogens is 254 g/mol. The highest BCUT2D eigenvalue weighted by atomic mass is 28.3. The summed E-state index contributed by atoms with van der Waals surface area (Å²) in [5, 5.41) is 0. The Kier molecular flexibility index (Phi) is 4.41. The average Bonchev–Trinajstić information content (AvgIpc) is 2.39. The molecule has 98 valence electrons. The second-order valence-electron chi connectivity index (χ2n) is 4.42. The summed E-state index contributed by atoms with van der Waals surface area (Å²) in [6.45, 7) is 6.18. The van der Waals surface area contributed by atoms with Gasteiger partial charge < -0.3 is 4.43 Å². The zero-order valence-electron chi connectivity index (χ0n) is 11.4. The highest BCUT2D eigenvalue weighted by molar-refractivity contribution is 6.49. The third kappa shape index (κ3) is 3.72. The Labute approximate surface area is 114 Å². The van der Waals surface area contributed by atoms with E-state index in [0.29, 0.717) is 0 Å². The van der Waals surface area contributed by atoms with Crippen molar-refractivity contribution >= 4 is 20.9 Å². The van der Waals surface area contributed by atoms with Crippen LogP contribution in [0.5, 0.6) is 5.75 Å². The number of rotatable bonds is 4. The maximum Gasteiger partial charge on any atom is 0.229 e. The van der Waals surface area contributed by atoms with Crippen molar-refractivity contribution in [3.05, 3.63) is 48.0 Å². The fraction of sp³-hybridized carbons (Fsp3) is 0.214. The van der Waals surface area contributed by atoms with Gasteiger partial charge in [-0.2, -0.15) is 0 Å². The summed E-state index contributed by atoms with van der Waals surface area (Å²) in [7, 11) is -1.14. The lowest BCUT2D eigenvalue weighted by Crippen LogP contribution is -2.11. The molecule has 0 fully saturated rings. The fourth-order valence-electron chi connectivity index (χ4n) is 1.59. The Hall–Kier alpha value is -2.01. The number of benzene rings is 1. The number of nitrogens with zero attached hydrogens (tertiary/aromatic N) is 3. The molecule has 0 spiro atoms. The summed E-state index contributed by atoms with van der Waals surface area (Å²) in [4.78, 5) is 12.9. The van der Waals surface area contributed by atoms with Crippen molar-refractivity contribution in [2.45, 2.75) is 20.0 Å². The number of aromatic nitrogens is 2. The first-order chi connectivity index (χ1) is 9.16. The molecule has 19 heavy (non-hydrogen) atoms. The first-order valence-electron chi connectivity index (χ1n) is 6.24. The highest BCUT2D eigenvalue weighted by Crippen LogP contribution is 2.27. The van der Waals surface area contributed by atoms with E-state index in [1.54, 1.807) is 18.6 Å². The van der Waals surface area contributed by atoms with Crippen molar-refractivity contribution in [2.75, 3.05) is 0 Å². The quantitative estimate of drug-likeness (QED) is 0.634. The van der Waals surface area contributed by atoms with E-state index in [-0.39, 0.29) is 0 Å². The molecule has 0 aliphatic carbocycles. The molecule has 2 aromatic rings. The van der Waals surface area contributed by atoms with Crippen LogP contribution in [0.15, 0.2) is 41.7 Å². The normalized spacial score (nSPS) is 11.2. The van der Waals surface area contributed by atoms with Crippen LogP contribution < -0.4 is 4.43 Å². The number of para-hydroxylation sites is 2. The fourth-order valence-corrected chi connectivity index (χ4v) is 2.30. The van der Waals surface area contributed by atoms with Gasteiger partial charge in [0, 0.05) is 12.4 Å². The SMILES string of the molecule is Cc1nccnc1C=Nc1ccccc1O[SiH](C)C. The first kappa shape index (κ1) is 13.4. The van der Waals surface area contributed by atoms with Crippen LogP contribution in [0.1, 0.15) is 11.4 Å². The lowest BCUT2D eigenvalue weighted by Gasteiger charge is -2.11. The molecule has 4 nitrogen and oxygen atoms in total. The molecule has 0 amide bonds. The van der Waals surface area contributed by atoms with Gasteiger partial charge in [0.15, 0.2) is 0 Å². The van der Waals surface area contributed by atoms with E-state index in [0.717, 1.165) is 22.8 Å². The van der Waals surface area contributed by atoms with Crippen LogP contribution >= 0.6 is 0 Å². The van der Waals surface area contributed by atoms with Gasteiger partial charge >= 0.3 is 0 Å². The maximum atomic E-state index is 5.85. The van der Waals surface area contributed by atoms with Crippen LogP contribution in [0.3, 0.4) is 0 Å². The van der Waals surface area contributed by atoms with Crippen LogP contribution in [0.4, 0.5) is 5.69 Å². The molecule has 0 N–H and O–H groups in total. The lowest BCUT2D eigenvalue weighted by atomic mass is 10.3. The average molecular weight is 271 g/mol. The minimum atomic E-state index is -1.14. The molecule has 0 bridgehead atoms. The number of aliphatic imine (C=N–C) groups is 1. The molecule has 0 aliphatic rings. The van der Waals surface area contributed by atoms with Gasteiger partial charge in [0.25, 0.3) is 0 Å². The summed E-state index contributed by atoms with van der Waals surface area (Å²) < 4.78 is 5.85. The smallest absolute Gasteiger partial charge is 0.229 e. The molecule has 1 aromatic carbocycles. The Morgan fingerprint density at radius 2 is 1.89 bits per heavy atom. The van der Waals surface area contributed by atoms with Crippen molar-refractivity contribution in [1.29, 1.82) is 0 Å². The van der Waals surface area contributed by atoms with E-state index >= 15 is 0 Å². The minimum Gasteiger partial charge on any atom is -0.546 e. The van der Waals surface area contributed by atoms with E-state index in [2.05, 4.69) is 28.1 Å². The van der Waals surface area contributed by atoms with Gasteiger partial charge in [-0.05, 0) is 32.2 Å². The van der Waals surface area contributed by atoms with E-state index in [9.17, 15) is 0 Å². The highest BCUT2D eigenvalue weighted by Gasteiger charge is 2.04. The lowest BCUT2D eigenvalue weighted by molar-refractivity contribution is 0.582. The zero-order chi connectivity index (χ0) is 13.7. The van der Waals surface area contributed by atoms with E-state index < -0.39 is 9.04 Å². The standard InChI is InChI=1S/C14H17N3OSi/c1-11-13(16-9-8-15-11)10-17-12-6-4-5-7-14(12)18-19(2)3/h4-10,19H,1-3H3. The Balaban J connectivity index is 2.26. The molecule has 2 rings (SSSR count). The molecule has 0 saturated heterocycles. The van der Waals surface area contributed by atoms with Crippen LogP contribution in [-0.4, -0.2) is 25.2 Å². The van der Waals surface area contributed by atoms with Gasteiger partial charge in [0.2, 0.25) is 9.04 Å². The first-order valence-corrected chi connectivity index (χ1v) is 9.02. The molecule has 0 atom stereocenters. The van der Waals surface area contributed by atoms with E-state index in [1.165, 1.54) is 0 Å². The van der Waals surface area contributed by atoms with Gasteiger partial charge in [-0.15, -0.1) is 0 Å². The van der Waals surface area contributed by atoms with Crippen molar-refractivity contribution < 1.29 is 4.43 Å². The second kappa shape index (κ2) is 6.24. The summed E-state index contributed by atoms with van der Waals surface area (Å²) >= 11 is 0. The van der Waals surface area contributed by atoms with Crippen LogP contribution in [0.25, 0.3) is 0 Å². The molecule has 0 saturated carbocycles. The second-order valence-corrected chi connectivity index (χ2v) is 6.75. The summed E-state index contributed by atoms with van der Waals surface area (Å²) in [5.74, 6) is 0.835. The van der Waals surface area contributed by atoms with Gasteiger partial charge in [-0.3, -0.25) is 15.0 Å². The van der Waals surface area contributed by atoms with Crippen molar-refractivity contribution in [3.63, 3.8) is 0 Å². The van der Waals surface area contributed by atoms with Gasteiger partial charge in [-0.25, -0.2) is 0 Å². The Morgan fingerprint density at radius 1 is 1.16 bits per heavy atom. The largest absolute Gasteiger partial charge is 0.546 e. The molecule has 0 unspecified atom stereocenters. The van der Waals surface area contributed by atoms with Crippen LogP contribution in [0.2, 0.25) is 13.1 Å². The van der Waals surface area contributed by atoms with Crippen LogP contribution in [0, 0.1) is 6.92 Å². The predicted octanol–water partition coefficient (Wildman–Crippen LogP) is 2.90. The molecular formula is C14H17N3OSi. The molecule has 0 radical (unpaired) electrons. The minimum absolute atomic E-state index is 0.777. The number of aryl methyl sites for hydroxylation is 1. The predicted molar refractivity (Wildman–Crippen MR) is 80.0 cm³/mol. The Morgan fingerprint density at radius 3 is 2.63 bits per heavy atom. The molecule has 5 heteroatoms. The van der Waals surface area contributed by atoms with Crippen LogP contribution in [-0.2, 0) is 0 Å². The monoisotopic (exact) mass is 271 g/mol. The van der Waals surface area contributed by atoms with Crippen molar-refractivity contribution in [3.8, 4) is 5.75 Å². The number of hydrogen-bond donors (Lipinski definition) is 0. The van der Waals surface area contributed by atoms with Gasteiger partial charge in [0.1, 0.15) is 17.1 Å². The van der Waals surface area contributed by atoms with E-state index in [4.69, 9.17) is 4.43 Å². The van der Waals surface area contributed by atoms with Crippen molar-refractivity contribution in [1.82, 2.24) is 9.97 Å². The zero-order valence-corrected chi connectivity index (χ0v) is 12.5. The van der Waals surface area contributed by atoms with E-state index in [1.807, 2.05) is 31.2 Å².